The van der Waals surface area contributed by atoms with Gasteiger partial charge < -0.3 is 5.32 Å². The number of amides is 1. The minimum Gasteiger partial charge on any atom is -0.350 e. The van der Waals surface area contributed by atoms with Crippen molar-refractivity contribution in [2.24, 2.45) is 7.05 Å². The fourth-order valence-electron chi connectivity index (χ4n) is 2.27. The maximum atomic E-state index is 12.3. The summed E-state index contributed by atoms with van der Waals surface area (Å²) in [6, 6.07) is 7.09. The third-order valence-corrected chi connectivity index (χ3v) is 3.94. The molecule has 0 radical (unpaired) electrons. The van der Waals surface area contributed by atoms with Crippen LogP contribution in [-0.4, -0.2) is 36.8 Å². The van der Waals surface area contributed by atoms with Crippen molar-refractivity contribution < 1.29 is 4.79 Å². The number of halogens is 1. The van der Waals surface area contributed by atoms with Gasteiger partial charge in [-0.25, -0.2) is 9.48 Å². The number of aromatic nitrogens is 5. The van der Waals surface area contributed by atoms with Crippen molar-refractivity contribution in [3.63, 3.8) is 0 Å². The zero-order valence-electron chi connectivity index (χ0n) is 13.4. The molecule has 1 amide bonds. The monoisotopic (exact) mass is 402 g/mol. The largest absolute Gasteiger partial charge is 0.350 e. The van der Waals surface area contributed by atoms with E-state index in [1.807, 2.05) is 6.07 Å². The van der Waals surface area contributed by atoms with Gasteiger partial charge in [-0.15, -0.1) is 5.10 Å². The first-order chi connectivity index (χ1) is 12.1. The molecule has 8 nitrogen and oxygen atoms in total. The number of hydrogen-bond acceptors (Lipinski definition) is 5. The minimum absolute atomic E-state index is 0.257. The summed E-state index contributed by atoms with van der Waals surface area (Å²) in [6.45, 7) is 0.524. The molecule has 0 aromatic carbocycles. The molecule has 3 aromatic rings. The standard InChI is InChI=1S/C16H15BrN6O2/c1-22-14(13-4-2-3-5-19-13)21-23(16(22)25)7-6-20-15(24)11-8-12(17)10-18-9-11/h2-5,8-10H,6-7H2,1H3,(H,20,24). The average molecular weight is 403 g/mol. The minimum atomic E-state index is -0.265. The number of hydrogen-bond donors (Lipinski definition) is 1. The van der Waals surface area contributed by atoms with Crippen LogP contribution in [0.4, 0.5) is 0 Å². The van der Waals surface area contributed by atoms with E-state index in [2.05, 4.69) is 36.3 Å². The average Bonchev–Trinajstić information content (AvgIpc) is 2.91. The van der Waals surface area contributed by atoms with Crippen LogP contribution in [0.2, 0.25) is 0 Å². The van der Waals surface area contributed by atoms with E-state index in [0.29, 0.717) is 17.1 Å². The molecule has 0 aliphatic carbocycles. The summed E-state index contributed by atoms with van der Waals surface area (Å²) in [4.78, 5) is 32.5. The van der Waals surface area contributed by atoms with Crippen molar-refractivity contribution in [2.75, 3.05) is 6.54 Å². The SMILES string of the molecule is Cn1c(-c2ccccn2)nn(CCNC(=O)c2cncc(Br)c2)c1=O. The normalized spacial score (nSPS) is 10.6. The van der Waals surface area contributed by atoms with Gasteiger partial charge in [0.2, 0.25) is 0 Å². The van der Waals surface area contributed by atoms with Gasteiger partial charge in [-0.2, -0.15) is 0 Å². The van der Waals surface area contributed by atoms with Crippen LogP contribution >= 0.6 is 15.9 Å². The van der Waals surface area contributed by atoms with Gasteiger partial charge in [0.25, 0.3) is 5.91 Å². The highest BCUT2D eigenvalue weighted by Gasteiger charge is 2.13. The molecule has 0 spiro atoms. The molecule has 0 saturated heterocycles. The van der Waals surface area contributed by atoms with E-state index in [-0.39, 0.29) is 24.7 Å². The molecule has 0 bridgehead atoms. The van der Waals surface area contributed by atoms with E-state index in [1.165, 1.54) is 15.4 Å². The van der Waals surface area contributed by atoms with Gasteiger partial charge in [-0.05, 0) is 34.1 Å². The summed E-state index contributed by atoms with van der Waals surface area (Å²) in [7, 11) is 1.64. The molecule has 3 rings (SSSR count). The lowest BCUT2D eigenvalue weighted by Gasteiger charge is -2.04. The van der Waals surface area contributed by atoms with Crippen molar-refractivity contribution >= 4 is 21.8 Å². The maximum absolute atomic E-state index is 12.3. The summed E-state index contributed by atoms with van der Waals surface area (Å²) >= 11 is 3.27. The molecule has 1 N–H and O–H groups in total. The topological polar surface area (TPSA) is 94.7 Å². The number of rotatable bonds is 5. The number of nitrogens with zero attached hydrogens (tertiary/aromatic N) is 5. The zero-order valence-corrected chi connectivity index (χ0v) is 15.0. The highest BCUT2D eigenvalue weighted by Crippen LogP contribution is 2.10. The first-order valence-electron chi connectivity index (χ1n) is 7.50. The molecule has 0 aliphatic heterocycles. The summed E-state index contributed by atoms with van der Waals surface area (Å²) in [6.07, 6.45) is 4.72. The van der Waals surface area contributed by atoms with Gasteiger partial charge in [0.15, 0.2) is 5.82 Å². The fraction of sp³-hybridized carbons (Fsp3) is 0.188. The molecule has 3 heterocycles. The predicted molar refractivity (Wildman–Crippen MR) is 95.0 cm³/mol. The second kappa shape index (κ2) is 7.39. The Hall–Kier alpha value is -2.81. The predicted octanol–water partition coefficient (Wildman–Crippen LogP) is 1.23. The smallest absolute Gasteiger partial charge is 0.346 e. The van der Waals surface area contributed by atoms with Crippen LogP contribution in [0.3, 0.4) is 0 Å². The van der Waals surface area contributed by atoms with E-state index in [4.69, 9.17) is 0 Å². The molecular formula is C16H15BrN6O2. The van der Waals surface area contributed by atoms with Crippen LogP contribution < -0.4 is 11.0 Å². The molecule has 0 saturated carbocycles. The Kier molecular flexibility index (Phi) is 5.03. The van der Waals surface area contributed by atoms with Crippen LogP contribution in [-0.2, 0) is 13.6 Å². The number of carbonyl (C=O) groups excluding carboxylic acids is 1. The van der Waals surface area contributed by atoms with E-state index in [1.54, 1.807) is 37.6 Å². The molecule has 9 heteroatoms. The summed E-state index contributed by atoms with van der Waals surface area (Å²) in [5.41, 5.74) is 0.793. The fourth-order valence-corrected chi connectivity index (χ4v) is 2.63. The van der Waals surface area contributed by atoms with Crippen LogP contribution in [0.15, 0.2) is 52.1 Å². The molecule has 0 fully saturated rings. The lowest BCUT2D eigenvalue weighted by Crippen LogP contribution is -2.31. The van der Waals surface area contributed by atoms with E-state index >= 15 is 0 Å². The molecule has 0 atom stereocenters. The van der Waals surface area contributed by atoms with Gasteiger partial charge >= 0.3 is 5.69 Å². The molecule has 3 aromatic heterocycles. The lowest BCUT2D eigenvalue weighted by atomic mass is 10.3. The molecule has 128 valence electrons. The van der Waals surface area contributed by atoms with Gasteiger partial charge in [0, 0.05) is 36.7 Å². The summed E-state index contributed by atoms with van der Waals surface area (Å²) in [5, 5.41) is 7.04. The van der Waals surface area contributed by atoms with Crippen molar-refractivity contribution in [3.8, 4) is 11.5 Å². The Balaban J connectivity index is 1.68. The van der Waals surface area contributed by atoms with Crippen LogP contribution in [0.1, 0.15) is 10.4 Å². The van der Waals surface area contributed by atoms with Crippen molar-refractivity contribution in [3.05, 3.63) is 63.4 Å². The zero-order chi connectivity index (χ0) is 17.8. The molecule has 25 heavy (non-hydrogen) atoms. The third-order valence-electron chi connectivity index (χ3n) is 3.51. The van der Waals surface area contributed by atoms with Crippen LogP contribution in [0.25, 0.3) is 11.5 Å². The van der Waals surface area contributed by atoms with E-state index < -0.39 is 0 Å². The first-order valence-corrected chi connectivity index (χ1v) is 8.29. The Labute approximate surface area is 151 Å². The number of carbonyl (C=O) groups is 1. The first kappa shape index (κ1) is 17.0. The third kappa shape index (κ3) is 3.82. The Morgan fingerprint density at radius 1 is 1.32 bits per heavy atom. The summed E-state index contributed by atoms with van der Waals surface area (Å²) < 4.78 is 3.47. The van der Waals surface area contributed by atoms with Crippen molar-refractivity contribution in [1.29, 1.82) is 0 Å². The molecule has 0 unspecified atom stereocenters. The Morgan fingerprint density at radius 2 is 2.16 bits per heavy atom. The quantitative estimate of drug-likeness (QED) is 0.692. The van der Waals surface area contributed by atoms with Gasteiger partial charge in [0.05, 0.1) is 12.1 Å². The molecular weight excluding hydrogens is 388 g/mol. The molecule has 0 aliphatic rings. The second-order valence-electron chi connectivity index (χ2n) is 5.25. The van der Waals surface area contributed by atoms with Gasteiger partial charge in [-0.3, -0.25) is 19.3 Å². The lowest BCUT2D eigenvalue weighted by molar-refractivity contribution is 0.0951. The Bertz CT molecular complexity index is 951. The maximum Gasteiger partial charge on any atom is 0.346 e. The van der Waals surface area contributed by atoms with E-state index in [0.717, 1.165) is 4.47 Å². The second-order valence-corrected chi connectivity index (χ2v) is 6.17. The summed E-state index contributed by atoms with van der Waals surface area (Å²) in [5.74, 6) is 0.218. The number of pyridine rings is 2. The highest BCUT2D eigenvalue weighted by atomic mass is 79.9. The Morgan fingerprint density at radius 3 is 2.88 bits per heavy atom. The highest BCUT2D eigenvalue weighted by molar-refractivity contribution is 9.10. The van der Waals surface area contributed by atoms with Gasteiger partial charge in [-0.1, -0.05) is 6.07 Å². The van der Waals surface area contributed by atoms with Crippen molar-refractivity contribution in [1.82, 2.24) is 29.6 Å². The van der Waals surface area contributed by atoms with Gasteiger partial charge in [0.1, 0.15) is 5.69 Å². The van der Waals surface area contributed by atoms with Crippen LogP contribution in [0.5, 0.6) is 0 Å². The van der Waals surface area contributed by atoms with Crippen molar-refractivity contribution in [2.45, 2.75) is 6.54 Å². The van der Waals surface area contributed by atoms with E-state index in [9.17, 15) is 9.59 Å². The number of nitrogens with one attached hydrogen (secondary N) is 1. The van der Waals surface area contributed by atoms with Crippen LogP contribution in [0, 0.1) is 0 Å².